The first-order valence-electron chi connectivity index (χ1n) is 4.13. The highest BCUT2D eigenvalue weighted by Gasteiger charge is 1.93. The van der Waals surface area contributed by atoms with E-state index in [1.54, 1.807) is 6.92 Å². The van der Waals surface area contributed by atoms with E-state index in [2.05, 4.69) is 10.3 Å². The van der Waals surface area contributed by atoms with Gasteiger partial charge in [-0.3, -0.25) is 10.3 Å². The van der Waals surface area contributed by atoms with Crippen molar-refractivity contribution in [2.24, 2.45) is 4.99 Å². The summed E-state index contributed by atoms with van der Waals surface area (Å²) in [5, 5.41) is 11.5. The molecule has 0 radical (unpaired) electrons. The van der Waals surface area contributed by atoms with E-state index in [0.717, 1.165) is 5.56 Å². The van der Waals surface area contributed by atoms with Gasteiger partial charge in [-0.1, -0.05) is 23.7 Å². The summed E-state index contributed by atoms with van der Waals surface area (Å²) in [4.78, 5) is 4.15. The number of nitrogens with zero attached hydrogens (tertiary/aromatic N) is 2. The van der Waals surface area contributed by atoms with E-state index in [1.165, 1.54) is 0 Å². The third-order valence-electron chi connectivity index (χ3n) is 1.62. The minimum Gasteiger partial charge on any atom is -0.281 e. The third-order valence-corrected chi connectivity index (χ3v) is 1.86. The first-order chi connectivity index (χ1) is 6.72. The van der Waals surface area contributed by atoms with Crippen LogP contribution in [-0.2, 0) is 6.54 Å². The predicted octanol–water partition coefficient (Wildman–Crippen LogP) is 2.33. The molecule has 0 spiro atoms. The van der Waals surface area contributed by atoms with Gasteiger partial charge in [0.25, 0.3) is 0 Å². The van der Waals surface area contributed by atoms with Crippen molar-refractivity contribution in [3.05, 3.63) is 34.9 Å². The summed E-state index contributed by atoms with van der Waals surface area (Å²) in [5.74, 6) is 0.604. The fourth-order valence-electron chi connectivity index (χ4n) is 0.966. The molecule has 0 fully saturated rings. The molecule has 0 saturated carbocycles. The highest BCUT2D eigenvalue weighted by atomic mass is 35.5. The number of benzene rings is 1. The van der Waals surface area contributed by atoms with Crippen molar-refractivity contribution in [3.63, 3.8) is 0 Å². The zero-order chi connectivity index (χ0) is 10.4. The van der Waals surface area contributed by atoms with Crippen LogP contribution in [0.3, 0.4) is 0 Å². The van der Waals surface area contributed by atoms with Gasteiger partial charge in [0, 0.05) is 5.02 Å². The first kappa shape index (κ1) is 10.6. The van der Waals surface area contributed by atoms with Gasteiger partial charge in [0.05, 0.1) is 6.54 Å². The Balaban J connectivity index is 2.62. The highest BCUT2D eigenvalue weighted by molar-refractivity contribution is 6.30. The third kappa shape index (κ3) is 3.46. The Morgan fingerprint density at radius 3 is 3.07 bits per heavy atom. The lowest BCUT2D eigenvalue weighted by molar-refractivity contribution is 1.04. The Morgan fingerprint density at radius 2 is 2.43 bits per heavy atom. The van der Waals surface area contributed by atoms with Crippen molar-refractivity contribution in [3.8, 4) is 6.19 Å². The van der Waals surface area contributed by atoms with Crippen LogP contribution in [0.1, 0.15) is 12.5 Å². The van der Waals surface area contributed by atoms with E-state index in [-0.39, 0.29) is 0 Å². The fraction of sp³-hybridized carbons (Fsp3) is 0.200. The molecule has 0 unspecified atom stereocenters. The lowest BCUT2D eigenvalue weighted by atomic mass is 10.2. The zero-order valence-electron chi connectivity index (χ0n) is 7.79. The van der Waals surface area contributed by atoms with Crippen molar-refractivity contribution in [1.29, 1.82) is 5.26 Å². The number of hydrogen-bond donors (Lipinski definition) is 1. The summed E-state index contributed by atoms with van der Waals surface area (Å²) in [6.45, 7) is 2.27. The Kier molecular flexibility index (Phi) is 3.96. The molecule has 1 aromatic carbocycles. The van der Waals surface area contributed by atoms with Gasteiger partial charge in [0.1, 0.15) is 5.84 Å². The van der Waals surface area contributed by atoms with Crippen molar-refractivity contribution < 1.29 is 0 Å². The summed E-state index contributed by atoms with van der Waals surface area (Å²) >= 11 is 5.80. The van der Waals surface area contributed by atoms with Gasteiger partial charge in [-0.15, -0.1) is 0 Å². The number of aliphatic imine (C=N–C) groups is 1. The van der Waals surface area contributed by atoms with Crippen molar-refractivity contribution in [2.75, 3.05) is 0 Å². The Bertz CT molecular complexity index is 379. The molecule has 0 heterocycles. The Hall–Kier alpha value is -1.53. The number of nitriles is 1. The van der Waals surface area contributed by atoms with Crippen LogP contribution < -0.4 is 5.32 Å². The lowest BCUT2D eigenvalue weighted by Crippen LogP contribution is -2.13. The van der Waals surface area contributed by atoms with Crippen LogP contribution in [0.25, 0.3) is 0 Å². The molecule has 0 amide bonds. The molecule has 0 atom stereocenters. The molecular weight excluding hydrogens is 198 g/mol. The van der Waals surface area contributed by atoms with Gasteiger partial charge < -0.3 is 0 Å². The monoisotopic (exact) mass is 207 g/mol. The second-order valence-electron chi connectivity index (χ2n) is 2.77. The summed E-state index contributed by atoms with van der Waals surface area (Å²) in [6, 6.07) is 7.48. The molecule has 1 N–H and O–H groups in total. The van der Waals surface area contributed by atoms with Crippen LogP contribution in [0.2, 0.25) is 5.02 Å². The van der Waals surface area contributed by atoms with E-state index < -0.39 is 0 Å². The second-order valence-corrected chi connectivity index (χ2v) is 3.20. The van der Waals surface area contributed by atoms with Gasteiger partial charge in [-0.25, -0.2) is 0 Å². The van der Waals surface area contributed by atoms with Crippen molar-refractivity contribution in [2.45, 2.75) is 13.5 Å². The minimum atomic E-state index is 0.529. The zero-order valence-corrected chi connectivity index (χ0v) is 8.54. The predicted molar refractivity (Wildman–Crippen MR) is 57.0 cm³/mol. The van der Waals surface area contributed by atoms with Gasteiger partial charge >= 0.3 is 0 Å². The number of nitrogens with one attached hydrogen (secondary N) is 1. The maximum Gasteiger partial charge on any atom is 0.182 e. The first-order valence-corrected chi connectivity index (χ1v) is 4.51. The Labute approximate surface area is 88.0 Å². The van der Waals surface area contributed by atoms with E-state index in [1.807, 2.05) is 30.5 Å². The van der Waals surface area contributed by atoms with E-state index in [0.29, 0.717) is 17.4 Å². The van der Waals surface area contributed by atoms with Crippen LogP contribution in [-0.4, -0.2) is 5.84 Å². The summed E-state index contributed by atoms with van der Waals surface area (Å²) in [7, 11) is 0. The maximum atomic E-state index is 8.31. The summed E-state index contributed by atoms with van der Waals surface area (Å²) < 4.78 is 0. The summed E-state index contributed by atoms with van der Waals surface area (Å²) in [6.07, 6.45) is 1.81. The molecule has 0 aliphatic heterocycles. The van der Waals surface area contributed by atoms with Gasteiger partial charge in [0.15, 0.2) is 6.19 Å². The molecule has 0 aliphatic carbocycles. The van der Waals surface area contributed by atoms with Crippen LogP contribution in [0.15, 0.2) is 29.3 Å². The largest absolute Gasteiger partial charge is 0.281 e. The number of rotatable bonds is 2. The molecule has 14 heavy (non-hydrogen) atoms. The van der Waals surface area contributed by atoms with Crippen LogP contribution >= 0.6 is 11.6 Å². The average Bonchev–Trinajstić information content (AvgIpc) is 2.15. The Morgan fingerprint density at radius 1 is 1.64 bits per heavy atom. The lowest BCUT2D eigenvalue weighted by Gasteiger charge is -1.98. The van der Waals surface area contributed by atoms with E-state index >= 15 is 0 Å². The maximum absolute atomic E-state index is 8.31. The quantitative estimate of drug-likeness (QED) is 0.350. The molecule has 72 valence electrons. The normalized spacial score (nSPS) is 10.8. The molecule has 0 aromatic heterocycles. The molecule has 0 bridgehead atoms. The van der Waals surface area contributed by atoms with Crippen LogP contribution in [0.5, 0.6) is 0 Å². The van der Waals surface area contributed by atoms with Gasteiger partial charge in [0.2, 0.25) is 0 Å². The second kappa shape index (κ2) is 5.25. The van der Waals surface area contributed by atoms with Crippen LogP contribution in [0, 0.1) is 11.5 Å². The molecule has 0 saturated heterocycles. The minimum absolute atomic E-state index is 0.529. The van der Waals surface area contributed by atoms with E-state index in [9.17, 15) is 0 Å². The van der Waals surface area contributed by atoms with Crippen molar-refractivity contribution >= 4 is 17.4 Å². The highest BCUT2D eigenvalue weighted by Crippen LogP contribution is 2.11. The topological polar surface area (TPSA) is 48.2 Å². The van der Waals surface area contributed by atoms with Gasteiger partial charge in [-0.2, -0.15) is 5.26 Å². The number of hydrogen-bond acceptors (Lipinski definition) is 2. The molecule has 1 aromatic rings. The molecule has 4 heteroatoms. The van der Waals surface area contributed by atoms with Crippen molar-refractivity contribution in [1.82, 2.24) is 5.32 Å². The standard InChI is InChI=1S/C10H10ClN3/c1-8(14-7-12)13-6-9-3-2-4-10(11)5-9/h2-5H,6H2,1H3,(H,13,14). The van der Waals surface area contributed by atoms with Gasteiger partial charge in [-0.05, 0) is 24.6 Å². The smallest absolute Gasteiger partial charge is 0.182 e. The number of amidine groups is 1. The van der Waals surface area contributed by atoms with E-state index in [4.69, 9.17) is 16.9 Å². The molecule has 0 aliphatic rings. The van der Waals surface area contributed by atoms with Crippen LogP contribution in [0.4, 0.5) is 0 Å². The fourth-order valence-corrected chi connectivity index (χ4v) is 1.18. The number of halogens is 1. The SMILES string of the molecule is CC(=NCc1cccc(Cl)c1)NC#N. The molecular formula is C10H10ClN3. The molecule has 1 rings (SSSR count). The molecule has 3 nitrogen and oxygen atoms in total. The average molecular weight is 208 g/mol. The summed E-state index contributed by atoms with van der Waals surface area (Å²) in [5.41, 5.74) is 1.02.